The van der Waals surface area contributed by atoms with Gasteiger partial charge in [-0.25, -0.2) is 4.79 Å². The molecular weight excluding hydrogens is 276 g/mol. The van der Waals surface area contributed by atoms with Crippen LogP contribution in [0.1, 0.15) is 10.5 Å². The zero-order chi connectivity index (χ0) is 15.4. The van der Waals surface area contributed by atoms with Gasteiger partial charge in [0.2, 0.25) is 0 Å². The number of carbonyl (C=O) groups is 2. The van der Waals surface area contributed by atoms with Crippen molar-refractivity contribution in [3.63, 3.8) is 0 Å². The van der Waals surface area contributed by atoms with Gasteiger partial charge in [0.1, 0.15) is 5.69 Å². The molecule has 1 amide bonds. The van der Waals surface area contributed by atoms with E-state index in [0.717, 1.165) is 0 Å². The van der Waals surface area contributed by atoms with E-state index in [0.29, 0.717) is 10.9 Å². The summed E-state index contributed by atoms with van der Waals surface area (Å²) in [6, 6.07) is 7.99. The van der Waals surface area contributed by atoms with Crippen LogP contribution < -0.4 is 10.7 Å². The van der Waals surface area contributed by atoms with Crippen molar-refractivity contribution >= 4 is 22.8 Å². The molecule has 0 saturated heterocycles. The number of benzene rings is 1. The second-order valence-corrected chi connectivity index (χ2v) is 4.37. The number of H-pyrrole nitrogens is 1. The highest BCUT2D eigenvalue weighted by molar-refractivity contribution is 5.95. The number of carboxylic acids is 1. The first kappa shape index (κ1) is 14.7. The van der Waals surface area contributed by atoms with Gasteiger partial charge in [0.25, 0.3) is 5.91 Å². The minimum Gasteiger partial charge on any atom is -0.479 e. The molecule has 0 saturated carbocycles. The zero-order valence-corrected chi connectivity index (χ0v) is 11.3. The largest absolute Gasteiger partial charge is 0.479 e. The normalized spacial score (nSPS) is 12.0. The lowest BCUT2D eigenvalue weighted by molar-refractivity contribution is -0.148. The first-order valence-corrected chi connectivity index (χ1v) is 6.19. The number of fused-ring (bicyclic) bond motifs is 1. The maximum Gasteiger partial charge on any atom is 0.334 e. The standard InChI is InChI=1S/C14H14N2O5/c1-21-12(14(19)20)7-15-13(18)10-6-11(17)8-4-2-3-5-9(8)16-10/h2-6,12H,7H2,1H3,(H,15,18)(H,16,17)(H,19,20). The number of carbonyl (C=O) groups excluding carboxylic acids is 1. The predicted molar refractivity (Wildman–Crippen MR) is 75.3 cm³/mol. The number of carboxylic acid groups (broad SMARTS) is 1. The van der Waals surface area contributed by atoms with E-state index in [1.807, 2.05) is 0 Å². The first-order chi connectivity index (χ1) is 10.0. The summed E-state index contributed by atoms with van der Waals surface area (Å²) < 4.78 is 4.71. The van der Waals surface area contributed by atoms with Gasteiger partial charge in [0, 0.05) is 24.1 Å². The van der Waals surface area contributed by atoms with E-state index < -0.39 is 18.0 Å². The highest BCUT2D eigenvalue weighted by Gasteiger charge is 2.18. The molecule has 0 aliphatic carbocycles. The van der Waals surface area contributed by atoms with E-state index in [1.54, 1.807) is 24.3 Å². The Balaban J connectivity index is 2.20. The average Bonchev–Trinajstić information content (AvgIpc) is 2.47. The number of methoxy groups -OCH3 is 1. The van der Waals surface area contributed by atoms with Crippen LogP contribution >= 0.6 is 0 Å². The monoisotopic (exact) mass is 290 g/mol. The van der Waals surface area contributed by atoms with Crippen LogP contribution in [0.5, 0.6) is 0 Å². The molecule has 0 fully saturated rings. The van der Waals surface area contributed by atoms with Gasteiger partial charge < -0.3 is 20.1 Å². The van der Waals surface area contributed by atoms with Crippen LogP contribution in [-0.2, 0) is 9.53 Å². The minimum absolute atomic E-state index is 0.0685. The quantitative estimate of drug-likeness (QED) is 0.736. The van der Waals surface area contributed by atoms with Crippen molar-refractivity contribution in [2.75, 3.05) is 13.7 Å². The average molecular weight is 290 g/mol. The van der Waals surface area contributed by atoms with Gasteiger partial charge >= 0.3 is 5.97 Å². The molecule has 1 aromatic heterocycles. The topological polar surface area (TPSA) is 108 Å². The Hall–Kier alpha value is -2.67. The molecule has 2 aromatic rings. The molecule has 1 atom stereocenters. The number of aliphatic carboxylic acids is 1. The lowest BCUT2D eigenvalue weighted by Crippen LogP contribution is -2.38. The molecule has 1 unspecified atom stereocenters. The number of aromatic amines is 1. The summed E-state index contributed by atoms with van der Waals surface area (Å²) in [5.74, 6) is -1.74. The van der Waals surface area contributed by atoms with Crippen molar-refractivity contribution in [2.24, 2.45) is 0 Å². The fourth-order valence-electron chi connectivity index (χ4n) is 1.87. The van der Waals surface area contributed by atoms with Crippen molar-refractivity contribution in [1.82, 2.24) is 10.3 Å². The first-order valence-electron chi connectivity index (χ1n) is 6.19. The highest BCUT2D eigenvalue weighted by atomic mass is 16.5. The maximum atomic E-state index is 12.0. The van der Waals surface area contributed by atoms with Crippen LogP contribution in [0.3, 0.4) is 0 Å². The van der Waals surface area contributed by atoms with Crippen molar-refractivity contribution in [3.8, 4) is 0 Å². The molecular formula is C14H14N2O5. The van der Waals surface area contributed by atoms with Crippen LogP contribution in [0, 0.1) is 0 Å². The zero-order valence-electron chi connectivity index (χ0n) is 11.3. The summed E-state index contributed by atoms with van der Waals surface area (Å²) in [6.45, 7) is -0.195. The third kappa shape index (κ3) is 3.26. The van der Waals surface area contributed by atoms with Crippen LogP contribution in [-0.4, -0.2) is 41.7 Å². The summed E-state index contributed by atoms with van der Waals surface area (Å²) in [7, 11) is 1.24. The summed E-state index contributed by atoms with van der Waals surface area (Å²) in [5, 5.41) is 11.7. The van der Waals surface area contributed by atoms with Gasteiger partial charge in [-0.3, -0.25) is 9.59 Å². The van der Waals surface area contributed by atoms with E-state index in [4.69, 9.17) is 9.84 Å². The Morgan fingerprint density at radius 3 is 2.76 bits per heavy atom. The van der Waals surface area contributed by atoms with Gasteiger partial charge in [-0.05, 0) is 12.1 Å². The lowest BCUT2D eigenvalue weighted by Gasteiger charge is -2.11. The Bertz CT molecular complexity index is 737. The molecule has 0 bridgehead atoms. The summed E-state index contributed by atoms with van der Waals surface area (Å²) in [4.78, 5) is 37.5. The molecule has 0 radical (unpaired) electrons. The third-order valence-electron chi connectivity index (χ3n) is 2.99. The second-order valence-electron chi connectivity index (χ2n) is 4.37. The van der Waals surface area contributed by atoms with Crippen LogP contribution in [0.15, 0.2) is 35.1 Å². The fraction of sp³-hybridized carbons (Fsp3) is 0.214. The van der Waals surface area contributed by atoms with E-state index >= 15 is 0 Å². The van der Waals surface area contributed by atoms with E-state index in [9.17, 15) is 14.4 Å². The molecule has 0 spiro atoms. The Morgan fingerprint density at radius 2 is 2.10 bits per heavy atom. The van der Waals surface area contributed by atoms with Crippen LogP contribution in [0.25, 0.3) is 10.9 Å². The number of pyridine rings is 1. The van der Waals surface area contributed by atoms with E-state index in [-0.39, 0.29) is 17.7 Å². The highest BCUT2D eigenvalue weighted by Crippen LogP contribution is 2.07. The van der Waals surface area contributed by atoms with Gasteiger partial charge in [0.15, 0.2) is 11.5 Å². The number of hydrogen-bond acceptors (Lipinski definition) is 4. The predicted octanol–water partition coefficient (Wildman–Crippen LogP) is 0.357. The summed E-state index contributed by atoms with van der Waals surface area (Å²) in [5.41, 5.74) is 0.326. The number of nitrogens with one attached hydrogen (secondary N) is 2. The fourth-order valence-corrected chi connectivity index (χ4v) is 1.87. The lowest BCUT2D eigenvalue weighted by atomic mass is 10.2. The number of aromatic nitrogens is 1. The maximum absolute atomic E-state index is 12.0. The smallest absolute Gasteiger partial charge is 0.334 e. The Kier molecular flexibility index (Phi) is 4.34. The number of ether oxygens (including phenoxy) is 1. The molecule has 7 heteroatoms. The molecule has 0 aliphatic rings. The Labute approximate surface area is 119 Å². The van der Waals surface area contributed by atoms with E-state index in [1.165, 1.54) is 13.2 Å². The second kappa shape index (κ2) is 6.19. The molecule has 110 valence electrons. The van der Waals surface area contributed by atoms with Crippen molar-refractivity contribution < 1.29 is 19.4 Å². The summed E-state index contributed by atoms with van der Waals surface area (Å²) in [6.07, 6.45) is -1.14. The van der Waals surface area contributed by atoms with E-state index in [2.05, 4.69) is 10.3 Å². The number of hydrogen-bond donors (Lipinski definition) is 3. The molecule has 1 heterocycles. The Morgan fingerprint density at radius 1 is 1.38 bits per heavy atom. The molecule has 21 heavy (non-hydrogen) atoms. The number of amides is 1. The van der Waals surface area contributed by atoms with Gasteiger partial charge in [0.05, 0.1) is 6.54 Å². The SMILES string of the molecule is COC(CNC(=O)c1cc(=O)c2ccccc2[nH]1)C(=O)O. The molecule has 7 nitrogen and oxygen atoms in total. The molecule has 3 N–H and O–H groups in total. The number of rotatable bonds is 5. The molecule has 0 aliphatic heterocycles. The number of para-hydroxylation sites is 1. The van der Waals surface area contributed by atoms with Crippen molar-refractivity contribution in [1.29, 1.82) is 0 Å². The molecule has 1 aromatic carbocycles. The van der Waals surface area contributed by atoms with Gasteiger partial charge in [-0.2, -0.15) is 0 Å². The minimum atomic E-state index is -1.18. The van der Waals surface area contributed by atoms with Gasteiger partial charge in [-0.15, -0.1) is 0 Å². The molecule has 2 rings (SSSR count). The van der Waals surface area contributed by atoms with Crippen molar-refractivity contribution in [3.05, 3.63) is 46.2 Å². The van der Waals surface area contributed by atoms with Crippen LogP contribution in [0.2, 0.25) is 0 Å². The third-order valence-corrected chi connectivity index (χ3v) is 2.99. The van der Waals surface area contributed by atoms with Gasteiger partial charge in [-0.1, -0.05) is 12.1 Å². The van der Waals surface area contributed by atoms with Crippen molar-refractivity contribution in [2.45, 2.75) is 6.10 Å². The summed E-state index contributed by atoms with van der Waals surface area (Å²) >= 11 is 0. The van der Waals surface area contributed by atoms with Crippen LogP contribution in [0.4, 0.5) is 0 Å².